The second-order valence-electron chi connectivity index (χ2n) is 4.89. The predicted molar refractivity (Wildman–Crippen MR) is 86.6 cm³/mol. The molecule has 3 aromatic rings. The molecule has 0 radical (unpaired) electrons. The second kappa shape index (κ2) is 6.13. The highest BCUT2D eigenvalue weighted by atomic mass is 16.2. The maximum Gasteiger partial charge on any atom is 0.330 e. The molecule has 0 bridgehead atoms. The summed E-state index contributed by atoms with van der Waals surface area (Å²) in [6.07, 6.45) is 0. The molecule has 3 rings (SSSR count). The van der Waals surface area contributed by atoms with Gasteiger partial charge in [0.2, 0.25) is 0 Å². The van der Waals surface area contributed by atoms with Crippen LogP contribution in [0.15, 0.2) is 76.3 Å². The lowest BCUT2D eigenvalue weighted by Gasteiger charge is -2.13. The number of nitrogens with zero attached hydrogens (tertiary/aromatic N) is 1. The van der Waals surface area contributed by atoms with E-state index in [9.17, 15) is 9.59 Å². The van der Waals surface area contributed by atoms with Gasteiger partial charge in [-0.1, -0.05) is 48.5 Å². The average molecular weight is 293 g/mol. The lowest BCUT2D eigenvalue weighted by molar-refractivity contribution is 0.730. The van der Waals surface area contributed by atoms with Crippen LogP contribution in [0.4, 0.5) is 11.5 Å². The maximum atomic E-state index is 12.1. The van der Waals surface area contributed by atoms with Gasteiger partial charge in [-0.05, 0) is 17.7 Å². The number of hydrogen-bond donors (Lipinski definition) is 2. The van der Waals surface area contributed by atoms with Crippen molar-refractivity contribution in [2.45, 2.75) is 6.54 Å². The van der Waals surface area contributed by atoms with Gasteiger partial charge in [0.05, 0.1) is 6.54 Å². The highest BCUT2D eigenvalue weighted by molar-refractivity contribution is 5.55. The van der Waals surface area contributed by atoms with Crippen LogP contribution in [0, 0.1) is 0 Å². The van der Waals surface area contributed by atoms with Gasteiger partial charge in [-0.2, -0.15) is 0 Å². The maximum absolute atomic E-state index is 12.1. The van der Waals surface area contributed by atoms with Crippen molar-refractivity contribution < 1.29 is 0 Å². The average Bonchev–Trinajstić information content (AvgIpc) is 2.53. The van der Waals surface area contributed by atoms with Crippen LogP contribution in [0.2, 0.25) is 0 Å². The van der Waals surface area contributed by atoms with Crippen LogP contribution in [-0.2, 0) is 6.54 Å². The fourth-order valence-electron chi connectivity index (χ4n) is 2.22. The lowest BCUT2D eigenvalue weighted by atomic mass is 10.2. The van der Waals surface area contributed by atoms with E-state index in [2.05, 4.69) is 10.3 Å². The molecule has 0 fully saturated rings. The van der Waals surface area contributed by atoms with E-state index in [0.29, 0.717) is 12.4 Å². The normalized spacial score (nSPS) is 10.4. The third-order valence-corrected chi connectivity index (χ3v) is 3.26. The quantitative estimate of drug-likeness (QED) is 0.776. The van der Waals surface area contributed by atoms with E-state index in [4.69, 9.17) is 0 Å². The van der Waals surface area contributed by atoms with Crippen LogP contribution in [0.1, 0.15) is 5.56 Å². The van der Waals surface area contributed by atoms with E-state index < -0.39 is 11.2 Å². The summed E-state index contributed by atoms with van der Waals surface area (Å²) in [5.41, 5.74) is 0.935. The highest BCUT2D eigenvalue weighted by Gasteiger charge is 2.07. The van der Waals surface area contributed by atoms with Gasteiger partial charge >= 0.3 is 5.69 Å². The third-order valence-electron chi connectivity index (χ3n) is 3.26. The molecule has 5 nitrogen and oxygen atoms in total. The SMILES string of the molecule is O=c1cc(Nc2ccccc2)n(Cc2ccccc2)c(=O)[nH]1. The Morgan fingerprint density at radius 1 is 0.909 bits per heavy atom. The number of aromatic amines is 1. The van der Waals surface area contributed by atoms with Crippen LogP contribution in [0.25, 0.3) is 0 Å². The minimum Gasteiger partial charge on any atom is -0.341 e. The summed E-state index contributed by atoms with van der Waals surface area (Å²) in [4.78, 5) is 26.0. The monoisotopic (exact) mass is 293 g/mol. The van der Waals surface area contributed by atoms with Crippen LogP contribution in [0.3, 0.4) is 0 Å². The zero-order valence-electron chi connectivity index (χ0n) is 11.8. The van der Waals surface area contributed by atoms with Crippen molar-refractivity contribution in [3.63, 3.8) is 0 Å². The first-order chi connectivity index (χ1) is 10.7. The van der Waals surface area contributed by atoms with Crippen LogP contribution < -0.4 is 16.6 Å². The van der Waals surface area contributed by atoms with Gasteiger partial charge in [-0.25, -0.2) is 4.79 Å². The topological polar surface area (TPSA) is 66.9 Å². The van der Waals surface area contributed by atoms with Gasteiger partial charge in [-0.3, -0.25) is 14.3 Å². The molecular weight excluding hydrogens is 278 g/mol. The first-order valence-corrected chi connectivity index (χ1v) is 6.92. The Kier molecular flexibility index (Phi) is 3.87. The first kappa shape index (κ1) is 13.9. The Bertz CT molecular complexity index is 868. The summed E-state index contributed by atoms with van der Waals surface area (Å²) < 4.78 is 1.50. The third kappa shape index (κ3) is 3.15. The van der Waals surface area contributed by atoms with Crippen molar-refractivity contribution in [3.05, 3.63) is 93.1 Å². The van der Waals surface area contributed by atoms with E-state index >= 15 is 0 Å². The molecule has 110 valence electrons. The van der Waals surface area contributed by atoms with Crippen molar-refractivity contribution in [2.24, 2.45) is 0 Å². The fraction of sp³-hybridized carbons (Fsp3) is 0.0588. The van der Waals surface area contributed by atoms with E-state index in [1.54, 1.807) is 0 Å². The summed E-state index contributed by atoms with van der Waals surface area (Å²) in [6.45, 7) is 0.381. The molecule has 0 aliphatic carbocycles. The largest absolute Gasteiger partial charge is 0.341 e. The molecule has 1 heterocycles. The molecule has 5 heteroatoms. The Morgan fingerprint density at radius 3 is 2.23 bits per heavy atom. The van der Waals surface area contributed by atoms with Crippen LogP contribution in [0.5, 0.6) is 0 Å². The molecular formula is C17H15N3O2. The Balaban J connectivity index is 2.01. The first-order valence-electron chi connectivity index (χ1n) is 6.92. The number of anilines is 2. The zero-order chi connectivity index (χ0) is 15.4. The van der Waals surface area contributed by atoms with Gasteiger partial charge in [0.1, 0.15) is 5.82 Å². The summed E-state index contributed by atoms with van der Waals surface area (Å²) >= 11 is 0. The Morgan fingerprint density at radius 2 is 1.55 bits per heavy atom. The molecule has 22 heavy (non-hydrogen) atoms. The highest BCUT2D eigenvalue weighted by Crippen LogP contribution is 2.14. The minimum absolute atomic E-state index is 0.381. The number of rotatable bonds is 4. The number of benzene rings is 2. The van der Waals surface area contributed by atoms with Gasteiger partial charge in [-0.15, -0.1) is 0 Å². The molecule has 0 amide bonds. The summed E-state index contributed by atoms with van der Waals surface area (Å²) in [7, 11) is 0. The molecule has 0 aliphatic heterocycles. The van der Waals surface area contributed by atoms with Crippen molar-refractivity contribution >= 4 is 11.5 Å². The Hall–Kier alpha value is -3.08. The van der Waals surface area contributed by atoms with Gasteiger partial charge in [0.25, 0.3) is 5.56 Å². The summed E-state index contributed by atoms with van der Waals surface area (Å²) in [5, 5.41) is 3.12. The standard InChI is InChI=1S/C17H15N3O2/c21-16-11-15(18-14-9-5-2-6-10-14)20(17(22)19-16)12-13-7-3-1-4-8-13/h1-11,18H,12H2,(H,19,21,22). The zero-order valence-corrected chi connectivity index (χ0v) is 11.8. The predicted octanol–water partition coefficient (Wildman–Crippen LogP) is 2.33. The number of H-pyrrole nitrogens is 1. The molecule has 1 aromatic heterocycles. The molecule has 2 N–H and O–H groups in total. The van der Waals surface area contributed by atoms with E-state index in [-0.39, 0.29) is 0 Å². The van der Waals surface area contributed by atoms with Gasteiger partial charge in [0, 0.05) is 11.8 Å². The summed E-state index contributed by atoms with van der Waals surface area (Å²) in [6, 6.07) is 20.4. The van der Waals surface area contributed by atoms with E-state index in [0.717, 1.165) is 11.3 Å². The van der Waals surface area contributed by atoms with Gasteiger partial charge in [0.15, 0.2) is 0 Å². The molecule has 0 atom stereocenters. The number of nitrogens with one attached hydrogen (secondary N) is 2. The van der Waals surface area contributed by atoms with Crippen LogP contribution in [-0.4, -0.2) is 9.55 Å². The van der Waals surface area contributed by atoms with E-state index in [1.165, 1.54) is 10.6 Å². The van der Waals surface area contributed by atoms with Gasteiger partial charge < -0.3 is 5.32 Å². The second-order valence-corrected chi connectivity index (χ2v) is 4.89. The molecule has 0 saturated carbocycles. The van der Waals surface area contributed by atoms with Crippen LogP contribution >= 0.6 is 0 Å². The fourth-order valence-corrected chi connectivity index (χ4v) is 2.22. The number of hydrogen-bond acceptors (Lipinski definition) is 3. The van der Waals surface area contributed by atoms with Crippen molar-refractivity contribution in [1.82, 2.24) is 9.55 Å². The Labute approximate surface area is 126 Å². The van der Waals surface area contributed by atoms with Crippen molar-refractivity contribution in [3.8, 4) is 0 Å². The van der Waals surface area contributed by atoms with E-state index in [1.807, 2.05) is 60.7 Å². The summed E-state index contributed by atoms with van der Waals surface area (Å²) in [5.74, 6) is 0.462. The number of para-hydroxylation sites is 1. The van der Waals surface area contributed by atoms with Crippen molar-refractivity contribution in [2.75, 3.05) is 5.32 Å². The smallest absolute Gasteiger partial charge is 0.330 e. The molecule has 0 spiro atoms. The number of aromatic nitrogens is 2. The molecule has 0 saturated heterocycles. The minimum atomic E-state index is -0.435. The molecule has 0 aliphatic rings. The molecule has 2 aromatic carbocycles. The molecule has 0 unspecified atom stereocenters. The van der Waals surface area contributed by atoms with Crippen molar-refractivity contribution in [1.29, 1.82) is 0 Å². The lowest BCUT2D eigenvalue weighted by Crippen LogP contribution is -2.31.